The van der Waals surface area contributed by atoms with Crippen LogP contribution in [0.2, 0.25) is 0 Å². The third-order valence-corrected chi connectivity index (χ3v) is 5.92. The lowest BCUT2D eigenvalue weighted by atomic mass is 9.63. The predicted molar refractivity (Wildman–Crippen MR) is 95.2 cm³/mol. The first-order valence-electron chi connectivity index (χ1n) is 9.28. The molecule has 2 saturated carbocycles. The van der Waals surface area contributed by atoms with Crippen molar-refractivity contribution >= 4 is 5.91 Å². The van der Waals surface area contributed by atoms with Gasteiger partial charge in [-0.05, 0) is 18.8 Å². The Kier molecular flexibility index (Phi) is 4.10. The van der Waals surface area contributed by atoms with E-state index in [9.17, 15) is 22.4 Å². The van der Waals surface area contributed by atoms with E-state index >= 15 is 0 Å². The molecular weight excluding hydrogens is 374 g/mol. The highest BCUT2D eigenvalue weighted by molar-refractivity contribution is 5.76. The largest absolute Gasteiger partial charge is 0.339 e. The molecule has 4 rings (SSSR count). The minimum absolute atomic E-state index is 0.0119. The average molecular weight is 395 g/mol. The Labute approximate surface area is 159 Å². The maximum atomic E-state index is 14.8. The molecule has 0 unspecified atom stereocenters. The van der Waals surface area contributed by atoms with E-state index in [1.165, 1.54) is 11.7 Å². The van der Waals surface area contributed by atoms with Crippen LogP contribution in [0.3, 0.4) is 0 Å². The molecule has 8 heteroatoms. The second-order valence-electron chi connectivity index (χ2n) is 7.77. The summed E-state index contributed by atoms with van der Waals surface area (Å²) in [7, 11) is 1.47. The molecule has 2 aliphatic rings. The van der Waals surface area contributed by atoms with Gasteiger partial charge >= 0.3 is 11.8 Å². The van der Waals surface area contributed by atoms with Crippen molar-refractivity contribution in [2.24, 2.45) is 7.05 Å². The van der Waals surface area contributed by atoms with Gasteiger partial charge in [0.05, 0.1) is 17.8 Å². The summed E-state index contributed by atoms with van der Waals surface area (Å²) < 4.78 is 58.7. The SMILES string of the molecule is CC(=O)N[C@@]1(c2c(C3CCC3)c(-c3ccccc3)nn2C)CC(F)(F)C1(F)F. The van der Waals surface area contributed by atoms with Crippen LogP contribution in [0.4, 0.5) is 17.6 Å². The minimum atomic E-state index is -4.41. The lowest BCUT2D eigenvalue weighted by Gasteiger charge is -2.54. The van der Waals surface area contributed by atoms with Crippen molar-refractivity contribution in [3.05, 3.63) is 41.6 Å². The Morgan fingerprint density at radius 3 is 2.29 bits per heavy atom. The topological polar surface area (TPSA) is 46.9 Å². The van der Waals surface area contributed by atoms with Crippen LogP contribution >= 0.6 is 0 Å². The van der Waals surface area contributed by atoms with Gasteiger partial charge in [0.1, 0.15) is 0 Å². The molecule has 2 fully saturated rings. The third kappa shape index (κ3) is 2.42. The van der Waals surface area contributed by atoms with E-state index in [4.69, 9.17) is 0 Å². The summed E-state index contributed by atoms with van der Waals surface area (Å²) in [5.41, 5.74) is -0.689. The van der Waals surface area contributed by atoms with Crippen molar-refractivity contribution in [3.63, 3.8) is 0 Å². The maximum absolute atomic E-state index is 14.8. The van der Waals surface area contributed by atoms with Crippen molar-refractivity contribution < 1.29 is 22.4 Å². The van der Waals surface area contributed by atoms with Gasteiger partial charge in [0.25, 0.3) is 0 Å². The quantitative estimate of drug-likeness (QED) is 0.782. The van der Waals surface area contributed by atoms with Crippen molar-refractivity contribution in [1.82, 2.24) is 15.1 Å². The number of halogens is 4. The zero-order valence-corrected chi connectivity index (χ0v) is 15.6. The molecule has 0 saturated heterocycles. The smallest absolute Gasteiger partial charge is 0.338 e. The lowest BCUT2D eigenvalue weighted by Crippen LogP contribution is -2.76. The van der Waals surface area contributed by atoms with E-state index in [1.54, 1.807) is 0 Å². The first-order chi connectivity index (χ1) is 13.1. The first kappa shape index (κ1) is 19.0. The van der Waals surface area contributed by atoms with E-state index in [-0.39, 0.29) is 11.6 Å². The number of benzene rings is 1. The number of nitrogens with zero attached hydrogens (tertiary/aromatic N) is 2. The number of carbonyl (C=O) groups excluding carboxylic acids is 1. The standard InChI is InChI=1S/C20H21F4N3O/c1-12(28)25-18(11-19(21,22)20(18,23)24)17-15(13-9-6-10-13)16(26-27(17)2)14-7-4-3-5-8-14/h3-5,7-8,13H,6,9-11H2,1-2H3,(H,25,28)/t18-/m1/s1. The number of carbonyl (C=O) groups is 1. The number of aryl methyl sites for hydroxylation is 1. The highest BCUT2D eigenvalue weighted by atomic mass is 19.3. The van der Waals surface area contributed by atoms with Gasteiger partial charge in [-0.2, -0.15) is 22.7 Å². The van der Waals surface area contributed by atoms with Gasteiger partial charge in [0, 0.05) is 25.1 Å². The molecule has 0 radical (unpaired) electrons. The molecule has 1 aromatic heterocycles. The Balaban J connectivity index is 1.96. The van der Waals surface area contributed by atoms with E-state index in [0.29, 0.717) is 11.3 Å². The Morgan fingerprint density at radius 2 is 1.82 bits per heavy atom. The molecule has 0 aliphatic heterocycles. The van der Waals surface area contributed by atoms with E-state index in [1.807, 2.05) is 30.3 Å². The second kappa shape index (κ2) is 6.06. The van der Waals surface area contributed by atoms with Crippen LogP contribution in [0.1, 0.15) is 49.8 Å². The molecule has 0 spiro atoms. The highest BCUT2D eigenvalue weighted by Crippen LogP contribution is 2.64. The summed E-state index contributed by atoms with van der Waals surface area (Å²) in [6, 6.07) is 9.07. The number of aromatic nitrogens is 2. The number of rotatable bonds is 4. The third-order valence-electron chi connectivity index (χ3n) is 5.92. The zero-order valence-electron chi connectivity index (χ0n) is 15.6. The van der Waals surface area contributed by atoms with Gasteiger partial charge in [-0.15, -0.1) is 0 Å². The van der Waals surface area contributed by atoms with Gasteiger partial charge in [0.2, 0.25) is 5.91 Å². The van der Waals surface area contributed by atoms with E-state index < -0.39 is 29.7 Å². The van der Waals surface area contributed by atoms with Crippen molar-refractivity contribution in [1.29, 1.82) is 0 Å². The van der Waals surface area contributed by atoms with Gasteiger partial charge < -0.3 is 5.32 Å². The molecule has 1 N–H and O–H groups in total. The van der Waals surface area contributed by atoms with Crippen molar-refractivity contribution in [2.45, 2.75) is 55.9 Å². The normalized spacial score (nSPS) is 25.6. The Morgan fingerprint density at radius 1 is 1.18 bits per heavy atom. The van der Waals surface area contributed by atoms with Crippen molar-refractivity contribution in [3.8, 4) is 11.3 Å². The molecule has 0 bridgehead atoms. The monoisotopic (exact) mass is 395 g/mol. The number of hydrogen-bond acceptors (Lipinski definition) is 2. The molecule has 1 amide bonds. The molecule has 150 valence electrons. The summed E-state index contributed by atoms with van der Waals surface area (Å²) in [5.74, 6) is -9.43. The summed E-state index contributed by atoms with van der Waals surface area (Å²) >= 11 is 0. The molecule has 1 heterocycles. The predicted octanol–water partition coefficient (Wildman–Crippen LogP) is 4.36. The average Bonchev–Trinajstić information content (AvgIpc) is 2.90. The Hall–Kier alpha value is -2.38. The van der Waals surface area contributed by atoms with Gasteiger partial charge in [0.15, 0.2) is 5.54 Å². The molecule has 28 heavy (non-hydrogen) atoms. The van der Waals surface area contributed by atoms with Crippen LogP contribution in [-0.4, -0.2) is 27.5 Å². The lowest BCUT2D eigenvalue weighted by molar-refractivity contribution is -0.335. The molecule has 1 atom stereocenters. The number of amides is 1. The highest BCUT2D eigenvalue weighted by Gasteiger charge is 2.83. The zero-order chi connectivity index (χ0) is 20.3. The summed E-state index contributed by atoms with van der Waals surface area (Å²) in [6.07, 6.45) is 1.33. The van der Waals surface area contributed by atoms with Crippen LogP contribution in [-0.2, 0) is 17.4 Å². The number of nitrogens with one attached hydrogen (secondary N) is 1. The summed E-state index contributed by atoms with van der Waals surface area (Å²) in [5, 5.41) is 6.61. The minimum Gasteiger partial charge on any atom is -0.339 e. The fraction of sp³-hybridized carbons (Fsp3) is 0.500. The van der Waals surface area contributed by atoms with Crippen LogP contribution in [0.15, 0.2) is 30.3 Å². The van der Waals surface area contributed by atoms with Gasteiger partial charge in [-0.25, -0.2) is 0 Å². The molecule has 4 nitrogen and oxygen atoms in total. The van der Waals surface area contributed by atoms with Crippen LogP contribution in [0.5, 0.6) is 0 Å². The molecule has 2 aromatic rings. The maximum Gasteiger partial charge on any atom is 0.338 e. The van der Waals surface area contributed by atoms with Gasteiger partial charge in [-0.1, -0.05) is 36.8 Å². The fourth-order valence-corrected chi connectivity index (χ4v) is 4.41. The van der Waals surface area contributed by atoms with Gasteiger partial charge in [-0.3, -0.25) is 9.48 Å². The fourth-order valence-electron chi connectivity index (χ4n) is 4.41. The van der Waals surface area contributed by atoms with Crippen LogP contribution in [0, 0.1) is 0 Å². The van der Waals surface area contributed by atoms with Crippen molar-refractivity contribution in [2.75, 3.05) is 0 Å². The molecular formula is C20H21F4N3O. The number of alkyl halides is 4. The summed E-state index contributed by atoms with van der Waals surface area (Å²) in [4.78, 5) is 11.8. The van der Waals surface area contributed by atoms with E-state index in [2.05, 4.69) is 10.4 Å². The van der Waals surface area contributed by atoms with E-state index in [0.717, 1.165) is 31.7 Å². The summed E-state index contributed by atoms with van der Waals surface area (Å²) in [6.45, 7) is 1.06. The van der Waals surface area contributed by atoms with Crippen LogP contribution in [0.25, 0.3) is 11.3 Å². The van der Waals surface area contributed by atoms with Crippen LogP contribution < -0.4 is 5.32 Å². The first-order valence-corrected chi connectivity index (χ1v) is 9.28. The Bertz CT molecular complexity index is 921. The number of hydrogen-bond donors (Lipinski definition) is 1. The molecule has 1 aromatic carbocycles. The second-order valence-corrected chi connectivity index (χ2v) is 7.77. The molecule has 2 aliphatic carbocycles.